The van der Waals surface area contributed by atoms with Crippen LogP contribution in [0.25, 0.3) is 16.9 Å². The quantitative estimate of drug-likeness (QED) is 0.563. The van der Waals surface area contributed by atoms with E-state index in [1.807, 2.05) is 55.5 Å². The fourth-order valence-corrected chi connectivity index (χ4v) is 3.17. The second-order valence-corrected chi connectivity index (χ2v) is 6.69. The number of carbonyl (C=O) groups excluding carboxylic acids is 1. The molecule has 138 valence electrons. The van der Waals surface area contributed by atoms with Crippen molar-refractivity contribution in [2.45, 2.75) is 13.8 Å². The summed E-state index contributed by atoms with van der Waals surface area (Å²) in [5.74, 6) is -0.217. The third kappa shape index (κ3) is 3.55. The number of para-hydroxylation sites is 1. The van der Waals surface area contributed by atoms with Gasteiger partial charge in [0.1, 0.15) is 5.69 Å². The van der Waals surface area contributed by atoms with Crippen molar-refractivity contribution in [3.63, 3.8) is 0 Å². The Labute approximate surface area is 163 Å². The molecule has 2 heterocycles. The van der Waals surface area contributed by atoms with Gasteiger partial charge in [-0.1, -0.05) is 42.0 Å². The Balaban J connectivity index is 1.81. The normalized spacial score (nSPS) is 10.6. The fourth-order valence-electron chi connectivity index (χ4n) is 3.17. The van der Waals surface area contributed by atoms with E-state index in [1.165, 1.54) is 5.56 Å². The number of hydrogen-bond donors (Lipinski definition) is 1. The molecule has 2 aromatic carbocycles. The molecule has 0 aliphatic carbocycles. The predicted molar refractivity (Wildman–Crippen MR) is 111 cm³/mol. The first-order chi connectivity index (χ1) is 13.6. The topological polar surface area (TPSA) is 59.8 Å². The van der Waals surface area contributed by atoms with Crippen LogP contribution in [0.3, 0.4) is 0 Å². The van der Waals surface area contributed by atoms with E-state index in [1.54, 1.807) is 29.3 Å². The van der Waals surface area contributed by atoms with E-state index in [-0.39, 0.29) is 5.91 Å². The van der Waals surface area contributed by atoms with Gasteiger partial charge < -0.3 is 5.32 Å². The molecule has 0 radical (unpaired) electrons. The lowest BCUT2D eigenvalue weighted by molar-refractivity contribution is 0.102. The third-order valence-electron chi connectivity index (χ3n) is 4.54. The number of nitrogens with one attached hydrogen (secondary N) is 1. The first-order valence-electron chi connectivity index (χ1n) is 9.06. The van der Waals surface area contributed by atoms with Crippen LogP contribution in [0, 0.1) is 13.8 Å². The summed E-state index contributed by atoms with van der Waals surface area (Å²) >= 11 is 0. The average molecular weight is 368 g/mol. The molecule has 0 aliphatic heterocycles. The van der Waals surface area contributed by atoms with Gasteiger partial charge in [-0.15, -0.1) is 0 Å². The molecule has 0 saturated heterocycles. The Morgan fingerprint density at radius 1 is 1.00 bits per heavy atom. The summed E-state index contributed by atoms with van der Waals surface area (Å²) in [6.45, 7) is 4.09. The van der Waals surface area contributed by atoms with Gasteiger partial charge in [0.05, 0.1) is 23.1 Å². The summed E-state index contributed by atoms with van der Waals surface area (Å²) < 4.78 is 1.74. The lowest BCUT2D eigenvalue weighted by Gasteiger charge is -2.08. The lowest BCUT2D eigenvalue weighted by Crippen LogP contribution is -2.12. The van der Waals surface area contributed by atoms with Crippen molar-refractivity contribution in [3.05, 3.63) is 95.9 Å². The SMILES string of the molecule is Cc1ccc(-c2nn(-c3ccccc3)cc2C(=O)Nc2cccnc2)c(C)c1. The van der Waals surface area contributed by atoms with E-state index in [0.29, 0.717) is 16.9 Å². The number of pyridine rings is 1. The summed E-state index contributed by atoms with van der Waals surface area (Å²) in [4.78, 5) is 17.1. The van der Waals surface area contributed by atoms with Crippen LogP contribution in [0.4, 0.5) is 5.69 Å². The van der Waals surface area contributed by atoms with Crippen LogP contribution < -0.4 is 5.32 Å². The Kier molecular flexibility index (Phi) is 4.72. The standard InChI is InChI=1S/C23H20N4O/c1-16-10-11-20(17(2)13-16)22-21(23(28)25-18-7-6-12-24-14-18)15-27(26-22)19-8-4-3-5-9-19/h3-15H,1-2H3,(H,25,28). The van der Waals surface area contributed by atoms with Crippen molar-refractivity contribution >= 4 is 11.6 Å². The van der Waals surface area contributed by atoms with Crippen molar-refractivity contribution in [3.8, 4) is 16.9 Å². The van der Waals surface area contributed by atoms with Crippen LogP contribution in [-0.2, 0) is 0 Å². The number of aromatic nitrogens is 3. The van der Waals surface area contributed by atoms with E-state index in [9.17, 15) is 4.79 Å². The second kappa shape index (κ2) is 7.48. The largest absolute Gasteiger partial charge is 0.320 e. The van der Waals surface area contributed by atoms with Crippen LogP contribution in [0.2, 0.25) is 0 Å². The molecule has 2 aromatic heterocycles. The second-order valence-electron chi connectivity index (χ2n) is 6.69. The summed E-state index contributed by atoms with van der Waals surface area (Å²) in [6.07, 6.45) is 5.07. The number of nitrogens with zero attached hydrogens (tertiary/aromatic N) is 3. The Morgan fingerprint density at radius 2 is 1.82 bits per heavy atom. The molecular weight excluding hydrogens is 348 g/mol. The highest BCUT2D eigenvalue weighted by Crippen LogP contribution is 2.28. The van der Waals surface area contributed by atoms with Crippen molar-refractivity contribution in [2.75, 3.05) is 5.32 Å². The van der Waals surface area contributed by atoms with Gasteiger partial charge >= 0.3 is 0 Å². The van der Waals surface area contributed by atoms with Crippen molar-refractivity contribution in [1.29, 1.82) is 0 Å². The van der Waals surface area contributed by atoms with Gasteiger partial charge in [0.15, 0.2) is 0 Å². The minimum Gasteiger partial charge on any atom is -0.320 e. The van der Waals surface area contributed by atoms with Gasteiger partial charge in [0.25, 0.3) is 5.91 Å². The van der Waals surface area contributed by atoms with Gasteiger partial charge in [-0.3, -0.25) is 9.78 Å². The van der Waals surface area contributed by atoms with E-state index >= 15 is 0 Å². The smallest absolute Gasteiger partial charge is 0.259 e. The predicted octanol–water partition coefficient (Wildman–Crippen LogP) is 4.80. The number of carbonyl (C=O) groups is 1. The average Bonchev–Trinajstić information content (AvgIpc) is 3.15. The first-order valence-corrected chi connectivity index (χ1v) is 9.06. The molecule has 0 unspecified atom stereocenters. The highest BCUT2D eigenvalue weighted by Gasteiger charge is 2.20. The van der Waals surface area contributed by atoms with Gasteiger partial charge in [-0.2, -0.15) is 5.10 Å². The zero-order valence-electron chi connectivity index (χ0n) is 15.8. The lowest BCUT2D eigenvalue weighted by atomic mass is 10.0. The first kappa shape index (κ1) is 17.7. The van der Waals surface area contributed by atoms with Gasteiger partial charge in [-0.05, 0) is 43.7 Å². The van der Waals surface area contributed by atoms with Crippen molar-refractivity contribution in [1.82, 2.24) is 14.8 Å². The molecular formula is C23H20N4O. The minimum atomic E-state index is -0.217. The molecule has 28 heavy (non-hydrogen) atoms. The number of aryl methyl sites for hydroxylation is 2. The zero-order valence-corrected chi connectivity index (χ0v) is 15.8. The van der Waals surface area contributed by atoms with Gasteiger partial charge in [0.2, 0.25) is 0 Å². The molecule has 4 rings (SSSR count). The van der Waals surface area contributed by atoms with Crippen LogP contribution in [-0.4, -0.2) is 20.7 Å². The highest BCUT2D eigenvalue weighted by atomic mass is 16.1. The van der Waals surface area contributed by atoms with Crippen LogP contribution in [0.15, 0.2) is 79.3 Å². The van der Waals surface area contributed by atoms with E-state index in [0.717, 1.165) is 16.8 Å². The molecule has 5 nitrogen and oxygen atoms in total. The van der Waals surface area contributed by atoms with Gasteiger partial charge in [-0.25, -0.2) is 4.68 Å². The van der Waals surface area contributed by atoms with E-state index in [2.05, 4.69) is 23.3 Å². The number of anilines is 1. The monoisotopic (exact) mass is 368 g/mol. The van der Waals surface area contributed by atoms with Crippen LogP contribution in [0.1, 0.15) is 21.5 Å². The third-order valence-corrected chi connectivity index (χ3v) is 4.54. The Hall–Kier alpha value is -3.73. The fraction of sp³-hybridized carbons (Fsp3) is 0.0870. The van der Waals surface area contributed by atoms with Crippen LogP contribution >= 0.6 is 0 Å². The molecule has 0 spiro atoms. The molecule has 0 saturated carbocycles. The maximum Gasteiger partial charge on any atom is 0.259 e. The Morgan fingerprint density at radius 3 is 2.54 bits per heavy atom. The van der Waals surface area contributed by atoms with Gasteiger partial charge in [0, 0.05) is 18.0 Å². The molecule has 1 amide bonds. The molecule has 0 aliphatic rings. The summed E-state index contributed by atoms with van der Waals surface area (Å²) in [5, 5.41) is 7.65. The Bertz CT molecular complexity index is 1120. The zero-order chi connectivity index (χ0) is 19.5. The molecule has 4 aromatic rings. The summed E-state index contributed by atoms with van der Waals surface area (Å²) in [5.41, 5.74) is 5.90. The minimum absolute atomic E-state index is 0.217. The van der Waals surface area contributed by atoms with Crippen molar-refractivity contribution < 1.29 is 4.79 Å². The highest BCUT2D eigenvalue weighted by molar-refractivity contribution is 6.08. The van der Waals surface area contributed by atoms with E-state index in [4.69, 9.17) is 5.10 Å². The van der Waals surface area contributed by atoms with Crippen molar-refractivity contribution in [2.24, 2.45) is 0 Å². The molecule has 0 fully saturated rings. The maximum absolute atomic E-state index is 13.0. The number of benzene rings is 2. The maximum atomic E-state index is 13.0. The number of hydrogen-bond acceptors (Lipinski definition) is 3. The van der Waals surface area contributed by atoms with E-state index < -0.39 is 0 Å². The summed E-state index contributed by atoms with van der Waals surface area (Å²) in [7, 11) is 0. The summed E-state index contributed by atoms with van der Waals surface area (Å²) in [6, 6.07) is 19.5. The number of rotatable bonds is 4. The molecule has 5 heteroatoms. The molecule has 0 atom stereocenters. The number of amides is 1. The van der Waals surface area contributed by atoms with Crippen LogP contribution in [0.5, 0.6) is 0 Å². The molecule has 1 N–H and O–H groups in total. The molecule has 0 bridgehead atoms.